The van der Waals surface area contributed by atoms with Crippen molar-refractivity contribution in [2.24, 2.45) is 0 Å². The Labute approximate surface area is 117 Å². The predicted octanol–water partition coefficient (Wildman–Crippen LogP) is 3.01. The normalized spacial score (nSPS) is 32.6. The van der Waals surface area contributed by atoms with Gasteiger partial charge >= 0.3 is 0 Å². The van der Waals surface area contributed by atoms with Gasteiger partial charge in [-0.3, -0.25) is 4.90 Å². The molecule has 1 aromatic carbocycles. The first-order valence-electron chi connectivity index (χ1n) is 7.83. The van der Waals surface area contributed by atoms with E-state index >= 15 is 0 Å². The number of hydrogen-bond acceptors (Lipinski definition) is 2. The lowest BCUT2D eigenvalue weighted by atomic mass is 9.90. The van der Waals surface area contributed by atoms with Crippen LogP contribution in [0.25, 0.3) is 0 Å². The first kappa shape index (κ1) is 13.1. The zero-order valence-corrected chi connectivity index (χ0v) is 12.0. The summed E-state index contributed by atoms with van der Waals surface area (Å²) in [6.45, 7) is 2.56. The van der Waals surface area contributed by atoms with Crippen LogP contribution in [0.1, 0.15) is 43.6 Å². The van der Waals surface area contributed by atoms with Crippen LogP contribution in [-0.4, -0.2) is 37.1 Å². The van der Waals surface area contributed by atoms with E-state index in [2.05, 4.69) is 47.6 Å². The van der Waals surface area contributed by atoms with Crippen molar-refractivity contribution in [3.63, 3.8) is 0 Å². The molecule has 2 nitrogen and oxygen atoms in total. The molecule has 3 unspecified atom stereocenters. The van der Waals surface area contributed by atoms with Crippen LogP contribution in [-0.2, 0) is 0 Å². The van der Waals surface area contributed by atoms with Crippen LogP contribution in [0.2, 0.25) is 0 Å². The Kier molecular flexibility index (Phi) is 4.19. The van der Waals surface area contributed by atoms with E-state index in [1.54, 1.807) is 0 Å². The number of hydrogen-bond donors (Lipinski definition) is 1. The third-order valence-electron chi connectivity index (χ3n) is 5.06. The third kappa shape index (κ3) is 3.01. The largest absolute Gasteiger partial charge is 0.317 e. The monoisotopic (exact) mass is 258 g/mol. The van der Waals surface area contributed by atoms with Gasteiger partial charge in [-0.2, -0.15) is 0 Å². The molecule has 0 aromatic heterocycles. The highest BCUT2D eigenvalue weighted by Crippen LogP contribution is 2.32. The second-order valence-corrected chi connectivity index (χ2v) is 6.20. The van der Waals surface area contributed by atoms with Crippen LogP contribution >= 0.6 is 0 Å². The van der Waals surface area contributed by atoms with Gasteiger partial charge in [0.25, 0.3) is 0 Å². The topological polar surface area (TPSA) is 15.3 Å². The predicted molar refractivity (Wildman–Crippen MR) is 80.5 cm³/mol. The van der Waals surface area contributed by atoms with Crippen molar-refractivity contribution < 1.29 is 0 Å². The fourth-order valence-electron chi connectivity index (χ4n) is 3.87. The molecule has 1 N–H and O–H groups in total. The molecule has 1 saturated carbocycles. The molecule has 19 heavy (non-hydrogen) atoms. The summed E-state index contributed by atoms with van der Waals surface area (Å²) in [5.74, 6) is 0.760. The molecule has 1 aliphatic carbocycles. The zero-order chi connectivity index (χ0) is 13.1. The maximum atomic E-state index is 3.47. The van der Waals surface area contributed by atoms with Crippen LogP contribution in [0, 0.1) is 0 Å². The minimum Gasteiger partial charge on any atom is -0.317 e. The molecule has 0 amide bonds. The number of nitrogens with zero attached hydrogens (tertiary/aromatic N) is 1. The standard InChI is InChI=1S/C17H26N2/c1-18-16-8-5-9-17(12-16)19-11-10-15(13-19)14-6-3-2-4-7-14/h2-4,6-7,15-18H,5,8-13H2,1H3. The van der Waals surface area contributed by atoms with E-state index in [0.717, 1.165) is 18.0 Å². The van der Waals surface area contributed by atoms with Gasteiger partial charge in [0.15, 0.2) is 0 Å². The van der Waals surface area contributed by atoms with Gasteiger partial charge in [0.05, 0.1) is 0 Å². The molecule has 3 atom stereocenters. The average molecular weight is 258 g/mol. The van der Waals surface area contributed by atoms with E-state index in [1.165, 1.54) is 50.8 Å². The molecule has 1 aliphatic heterocycles. The van der Waals surface area contributed by atoms with Gasteiger partial charge < -0.3 is 5.32 Å². The van der Waals surface area contributed by atoms with Gasteiger partial charge in [0.2, 0.25) is 0 Å². The van der Waals surface area contributed by atoms with E-state index < -0.39 is 0 Å². The van der Waals surface area contributed by atoms with Crippen LogP contribution in [0.4, 0.5) is 0 Å². The summed E-state index contributed by atoms with van der Waals surface area (Å²) < 4.78 is 0. The average Bonchev–Trinajstić information content (AvgIpc) is 2.98. The number of nitrogens with one attached hydrogen (secondary N) is 1. The highest BCUT2D eigenvalue weighted by Gasteiger charge is 2.31. The summed E-state index contributed by atoms with van der Waals surface area (Å²) in [6.07, 6.45) is 6.84. The Morgan fingerprint density at radius 1 is 1.11 bits per heavy atom. The lowest BCUT2D eigenvalue weighted by Gasteiger charge is -2.35. The van der Waals surface area contributed by atoms with Crippen LogP contribution in [0.3, 0.4) is 0 Å². The first-order valence-corrected chi connectivity index (χ1v) is 7.83. The summed E-state index contributed by atoms with van der Waals surface area (Å²) in [5.41, 5.74) is 1.53. The number of rotatable bonds is 3. The summed E-state index contributed by atoms with van der Waals surface area (Å²) in [5, 5.41) is 3.47. The summed E-state index contributed by atoms with van der Waals surface area (Å²) in [7, 11) is 2.11. The van der Waals surface area contributed by atoms with Crippen molar-refractivity contribution in [3.8, 4) is 0 Å². The first-order chi connectivity index (χ1) is 9.36. The second-order valence-electron chi connectivity index (χ2n) is 6.20. The molecule has 1 heterocycles. The smallest absolute Gasteiger partial charge is 0.0110 e. The molecular weight excluding hydrogens is 232 g/mol. The Balaban J connectivity index is 1.59. The van der Waals surface area contributed by atoms with Gasteiger partial charge in [-0.15, -0.1) is 0 Å². The van der Waals surface area contributed by atoms with Gasteiger partial charge in [-0.05, 0) is 50.8 Å². The minimum absolute atomic E-state index is 0.745. The minimum atomic E-state index is 0.745. The fourth-order valence-corrected chi connectivity index (χ4v) is 3.87. The molecule has 1 saturated heterocycles. The highest BCUT2D eigenvalue weighted by molar-refractivity contribution is 5.21. The van der Waals surface area contributed by atoms with Crippen LogP contribution < -0.4 is 5.32 Å². The Bertz CT molecular complexity index is 390. The van der Waals surface area contributed by atoms with E-state index in [9.17, 15) is 0 Å². The zero-order valence-electron chi connectivity index (χ0n) is 12.0. The Morgan fingerprint density at radius 3 is 2.74 bits per heavy atom. The van der Waals surface area contributed by atoms with E-state index in [1.807, 2.05) is 0 Å². The number of likely N-dealkylation sites (tertiary alicyclic amines) is 1. The lowest BCUT2D eigenvalue weighted by Crippen LogP contribution is -2.42. The summed E-state index contributed by atoms with van der Waals surface area (Å²) >= 11 is 0. The Hall–Kier alpha value is -0.860. The van der Waals surface area contributed by atoms with Gasteiger partial charge in [0.1, 0.15) is 0 Å². The van der Waals surface area contributed by atoms with E-state index in [4.69, 9.17) is 0 Å². The summed E-state index contributed by atoms with van der Waals surface area (Å²) in [6, 6.07) is 12.6. The Morgan fingerprint density at radius 2 is 1.95 bits per heavy atom. The van der Waals surface area contributed by atoms with E-state index in [-0.39, 0.29) is 0 Å². The van der Waals surface area contributed by atoms with Gasteiger partial charge in [0, 0.05) is 18.6 Å². The fraction of sp³-hybridized carbons (Fsp3) is 0.647. The molecule has 2 aliphatic rings. The molecule has 1 aromatic rings. The van der Waals surface area contributed by atoms with Crippen LogP contribution in [0.15, 0.2) is 30.3 Å². The van der Waals surface area contributed by atoms with Gasteiger partial charge in [-0.25, -0.2) is 0 Å². The molecule has 104 valence electrons. The molecule has 0 bridgehead atoms. The van der Waals surface area contributed by atoms with Crippen molar-refractivity contribution >= 4 is 0 Å². The third-order valence-corrected chi connectivity index (χ3v) is 5.06. The molecular formula is C17H26N2. The van der Waals surface area contributed by atoms with Crippen molar-refractivity contribution in [2.75, 3.05) is 20.1 Å². The molecule has 0 radical (unpaired) electrons. The molecule has 2 heteroatoms. The molecule has 3 rings (SSSR count). The van der Waals surface area contributed by atoms with E-state index in [0.29, 0.717) is 0 Å². The van der Waals surface area contributed by atoms with Crippen molar-refractivity contribution in [2.45, 2.75) is 50.1 Å². The maximum Gasteiger partial charge on any atom is 0.0110 e. The lowest BCUT2D eigenvalue weighted by molar-refractivity contribution is 0.169. The van der Waals surface area contributed by atoms with Crippen molar-refractivity contribution in [1.29, 1.82) is 0 Å². The van der Waals surface area contributed by atoms with Crippen molar-refractivity contribution in [3.05, 3.63) is 35.9 Å². The van der Waals surface area contributed by atoms with Crippen molar-refractivity contribution in [1.82, 2.24) is 10.2 Å². The molecule has 0 spiro atoms. The second kappa shape index (κ2) is 6.06. The van der Waals surface area contributed by atoms with Gasteiger partial charge in [-0.1, -0.05) is 36.8 Å². The highest BCUT2D eigenvalue weighted by atomic mass is 15.2. The maximum absolute atomic E-state index is 3.47. The quantitative estimate of drug-likeness (QED) is 0.896. The van der Waals surface area contributed by atoms with Crippen LogP contribution in [0.5, 0.6) is 0 Å². The SMILES string of the molecule is CNC1CCCC(N2CCC(c3ccccc3)C2)C1. The molecule has 2 fully saturated rings. The summed E-state index contributed by atoms with van der Waals surface area (Å²) in [4.78, 5) is 2.75. The number of benzene rings is 1.